The van der Waals surface area contributed by atoms with Crippen LogP contribution in [0.25, 0.3) is 23.6 Å². The molecule has 0 saturated heterocycles. The van der Waals surface area contributed by atoms with Crippen LogP contribution in [-0.2, 0) is 10.2 Å². The van der Waals surface area contributed by atoms with Gasteiger partial charge in [0.25, 0.3) is 0 Å². The van der Waals surface area contributed by atoms with Gasteiger partial charge in [0.2, 0.25) is 5.91 Å². The summed E-state index contributed by atoms with van der Waals surface area (Å²) in [7, 11) is 0. The quantitative estimate of drug-likeness (QED) is 0.685. The highest BCUT2D eigenvalue weighted by Gasteiger charge is 2.51. The van der Waals surface area contributed by atoms with Crippen molar-refractivity contribution in [2.75, 3.05) is 5.32 Å². The molecule has 1 amide bonds. The van der Waals surface area contributed by atoms with Crippen LogP contribution >= 0.6 is 0 Å². The van der Waals surface area contributed by atoms with Crippen molar-refractivity contribution in [2.45, 2.75) is 46.0 Å². The van der Waals surface area contributed by atoms with E-state index in [0.29, 0.717) is 5.42 Å². The molecule has 2 N–H and O–H groups in total. The molecule has 0 spiro atoms. The molecule has 2 heterocycles. The molecule has 1 aliphatic rings. The van der Waals surface area contributed by atoms with Gasteiger partial charge in [0.1, 0.15) is 5.42 Å². The standard InChI is InChI=1S/C25H28N2O2/c1-16(6-7-18-10-13-29-17(18)2)25(11-12-25)23(28)26-20-8-9-21-19(14-20)15-22(27-21)24(3,4)5/h6-10,13-15,27H,2,11-12H2,1,3-5H3,(H,26,28)/b16-6+,18-7-. The monoisotopic (exact) mass is 388 g/mol. The number of hydrogen-bond acceptors (Lipinski definition) is 2. The molecule has 0 bridgehead atoms. The highest BCUT2D eigenvalue weighted by Crippen LogP contribution is 2.52. The smallest absolute Gasteiger partial charge is 0.234 e. The molecule has 0 radical (unpaired) electrons. The lowest BCUT2D eigenvalue weighted by Crippen LogP contribution is -2.25. The first-order valence-corrected chi connectivity index (χ1v) is 10.1. The van der Waals surface area contributed by atoms with Crippen LogP contribution < -0.4 is 16.0 Å². The van der Waals surface area contributed by atoms with Crippen molar-refractivity contribution in [1.29, 1.82) is 0 Å². The van der Waals surface area contributed by atoms with Crippen LogP contribution in [0, 0.1) is 5.41 Å². The van der Waals surface area contributed by atoms with Gasteiger partial charge in [-0.1, -0.05) is 45.1 Å². The highest BCUT2D eigenvalue weighted by atomic mass is 16.3. The molecule has 4 rings (SSSR count). The zero-order chi connectivity index (χ0) is 20.8. The zero-order valence-electron chi connectivity index (χ0n) is 17.6. The van der Waals surface area contributed by atoms with E-state index in [-0.39, 0.29) is 11.3 Å². The predicted molar refractivity (Wildman–Crippen MR) is 119 cm³/mol. The first-order chi connectivity index (χ1) is 13.7. The molecule has 2 aromatic heterocycles. The minimum atomic E-state index is -0.411. The summed E-state index contributed by atoms with van der Waals surface area (Å²) in [6.45, 7) is 12.4. The van der Waals surface area contributed by atoms with Crippen molar-refractivity contribution in [1.82, 2.24) is 4.98 Å². The molecule has 3 aromatic rings. The van der Waals surface area contributed by atoms with Gasteiger partial charge in [0.15, 0.2) is 0 Å². The van der Waals surface area contributed by atoms with Crippen molar-refractivity contribution in [2.24, 2.45) is 5.41 Å². The van der Waals surface area contributed by atoms with E-state index in [2.05, 4.69) is 43.7 Å². The fraction of sp³-hybridized carbons (Fsp3) is 0.320. The molecular formula is C25H28N2O2. The average molecular weight is 389 g/mol. The summed E-state index contributed by atoms with van der Waals surface area (Å²) < 4.78 is 5.23. The molecule has 0 unspecified atom stereocenters. The van der Waals surface area contributed by atoms with E-state index in [0.717, 1.165) is 40.2 Å². The van der Waals surface area contributed by atoms with E-state index in [1.807, 2.05) is 43.3 Å². The number of H-pyrrole nitrogens is 1. The van der Waals surface area contributed by atoms with Crippen LogP contribution in [-0.4, -0.2) is 10.9 Å². The number of rotatable bonds is 4. The molecular weight excluding hydrogens is 360 g/mol. The molecule has 1 fully saturated rings. The number of hydrogen-bond donors (Lipinski definition) is 2. The van der Waals surface area contributed by atoms with E-state index >= 15 is 0 Å². The van der Waals surface area contributed by atoms with Crippen molar-refractivity contribution in [3.63, 3.8) is 0 Å². The minimum Gasteiger partial charge on any atom is -0.465 e. The number of nitrogens with one attached hydrogen (secondary N) is 2. The Morgan fingerprint density at radius 1 is 1.24 bits per heavy atom. The summed E-state index contributed by atoms with van der Waals surface area (Å²) in [5, 5.41) is 5.18. The Bertz CT molecular complexity index is 1210. The molecule has 29 heavy (non-hydrogen) atoms. The third-order valence-corrected chi connectivity index (χ3v) is 5.92. The van der Waals surface area contributed by atoms with Crippen LogP contribution in [0.3, 0.4) is 0 Å². The number of aromatic nitrogens is 1. The molecule has 150 valence electrons. The van der Waals surface area contributed by atoms with E-state index in [9.17, 15) is 4.79 Å². The topological polar surface area (TPSA) is 58.0 Å². The van der Waals surface area contributed by atoms with E-state index in [4.69, 9.17) is 4.42 Å². The highest BCUT2D eigenvalue weighted by molar-refractivity contribution is 6.01. The normalized spacial score (nSPS) is 17.0. The molecule has 1 aromatic carbocycles. The molecule has 1 aliphatic carbocycles. The fourth-order valence-electron chi connectivity index (χ4n) is 3.66. The Hall–Kier alpha value is -3.01. The van der Waals surface area contributed by atoms with Crippen LogP contribution in [0.1, 0.15) is 46.2 Å². The average Bonchev–Trinajstić information content (AvgIpc) is 3.20. The maximum absolute atomic E-state index is 13.1. The number of benzene rings is 1. The molecule has 4 heteroatoms. The Kier molecular flexibility index (Phi) is 4.53. The largest absolute Gasteiger partial charge is 0.465 e. The number of aromatic amines is 1. The van der Waals surface area contributed by atoms with Gasteiger partial charge in [-0.25, -0.2) is 0 Å². The summed E-state index contributed by atoms with van der Waals surface area (Å²) in [6, 6.07) is 10.1. The number of allylic oxidation sites excluding steroid dienone is 1. The summed E-state index contributed by atoms with van der Waals surface area (Å²) in [6.07, 6.45) is 7.35. The number of furan rings is 1. The molecule has 4 nitrogen and oxygen atoms in total. The van der Waals surface area contributed by atoms with E-state index in [1.165, 1.54) is 5.69 Å². The molecule has 0 aliphatic heterocycles. The Labute approximate surface area is 171 Å². The fourth-order valence-corrected chi connectivity index (χ4v) is 3.66. The number of carbonyl (C=O) groups excluding carboxylic acids is 1. The summed E-state index contributed by atoms with van der Waals surface area (Å²) in [5.74, 6) is 0.0626. The summed E-state index contributed by atoms with van der Waals surface area (Å²) in [5.41, 5.74) is 4.45. The van der Waals surface area contributed by atoms with Gasteiger partial charge in [-0.05, 0) is 50.1 Å². The summed E-state index contributed by atoms with van der Waals surface area (Å²) in [4.78, 5) is 16.5. The lowest BCUT2D eigenvalue weighted by Gasteiger charge is -2.16. The van der Waals surface area contributed by atoms with Crippen LogP contribution in [0.4, 0.5) is 5.69 Å². The van der Waals surface area contributed by atoms with Gasteiger partial charge in [0, 0.05) is 32.9 Å². The second-order valence-corrected chi connectivity index (χ2v) is 9.09. The second kappa shape index (κ2) is 6.80. The number of anilines is 1. The van der Waals surface area contributed by atoms with Gasteiger partial charge < -0.3 is 14.7 Å². The second-order valence-electron chi connectivity index (χ2n) is 9.09. The van der Waals surface area contributed by atoms with E-state index < -0.39 is 5.41 Å². The van der Waals surface area contributed by atoms with Crippen molar-refractivity contribution in [3.8, 4) is 0 Å². The maximum atomic E-state index is 13.1. The number of amides is 1. The zero-order valence-corrected chi connectivity index (χ0v) is 17.6. The van der Waals surface area contributed by atoms with E-state index in [1.54, 1.807) is 6.26 Å². The van der Waals surface area contributed by atoms with Crippen LogP contribution in [0.15, 0.2) is 52.7 Å². The Balaban J connectivity index is 1.56. The molecule has 1 saturated carbocycles. The first-order valence-electron chi connectivity index (χ1n) is 10.1. The SMILES string of the molecule is C=c1occ/c1=C/C=C(\C)C1(C(=O)Nc2ccc3[nH]c(C(C)(C)C)cc3c2)CC1. The third-order valence-electron chi connectivity index (χ3n) is 5.92. The molecule has 0 atom stereocenters. The van der Waals surface area contributed by atoms with Gasteiger partial charge in [-0.3, -0.25) is 4.79 Å². The van der Waals surface area contributed by atoms with Crippen molar-refractivity contribution < 1.29 is 9.21 Å². The Morgan fingerprint density at radius 3 is 2.62 bits per heavy atom. The number of carbonyl (C=O) groups is 1. The van der Waals surface area contributed by atoms with Gasteiger partial charge in [0.05, 0.1) is 11.7 Å². The maximum Gasteiger partial charge on any atom is 0.234 e. The number of fused-ring (bicyclic) bond motifs is 1. The lowest BCUT2D eigenvalue weighted by molar-refractivity contribution is -0.119. The van der Waals surface area contributed by atoms with Gasteiger partial charge >= 0.3 is 0 Å². The van der Waals surface area contributed by atoms with Gasteiger partial charge in [-0.2, -0.15) is 0 Å². The first kappa shape index (κ1) is 19.3. The van der Waals surface area contributed by atoms with Crippen molar-refractivity contribution in [3.05, 3.63) is 64.6 Å². The minimum absolute atomic E-state index is 0.0573. The predicted octanol–water partition coefficient (Wildman–Crippen LogP) is 4.61. The van der Waals surface area contributed by atoms with Gasteiger partial charge in [-0.15, -0.1) is 0 Å². The van der Waals surface area contributed by atoms with Crippen LogP contribution in [0.5, 0.6) is 0 Å². The van der Waals surface area contributed by atoms with Crippen LogP contribution in [0.2, 0.25) is 0 Å². The Morgan fingerprint density at radius 2 is 2.00 bits per heavy atom. The lowest BCUT2D eigenvalue weighted by atomic mass is 9.92. The van der Waals surface area contributed by atoms with Crippen molar-refractivity contribution >= 4 is 35.2 Å². The third kappa shape index (κ3) is 3.67. The summed E-state index contributed by atoms with van der Waals surface area (Å²) >= 11 is 0.